The predicted molar refractivity (Wildman–Crippen MR) is 116 cm³/mol. The highest BCUT2D eigenvalue weighted by Crippen LogP contribution is 2.36. The Kier molecular flexibility index (Phi) is 7.20. The normalized spacial score (nSPS) is 12.8. The Morgan fingerprint density at radius 2 is 1.71 bits per heavy atom. The number of hydrogen-bond donors (Lipinski definition) is 1. The molecule has 0 saturated heterocycles. The Labute approximate surface area is 200 Å². The average molecular weight is 514 g/mol. The van der Waals surface area contributed by atoms with Crippen molar-refractivity contribution in [3.05, 3.63) is 63.5 Å². The quantitative estimate of drug-likeness (QED) is 0.354. The lowest BCUT2D eigenvalue weighted by atomic mass is 10.0. The zero-order valence-corrected chi connectivity index (χ0v) is 19.6. The maximum Gasteiger partial charge on any atom is 0.416 e. The van der Waals surface area contributed by atoms with Gasteiger partial charge in [0.05, 0.1) is 36.3 Å². The molecule has 0 saturated carbocycles. The van der Waals surface area contributed by atoms with Gasteiger partial charge in [-0.05, 0) is 32.0 Å². The summed E-state index contributed by atoms with van der Waals surface area (Å²) in [5.41, 5.74) is -1.95. The van der Waals surface area contributed by atoms with E-state index in [1.807, 2.05) is 0 Å². The molecule has 1 aromatic carbocycles. The van der Waals surface area contributed by atoms with Crippen LogP contribution in [0.1, 0.15) is 62.4 Å². The number of amides is 1. The standard InChI is InChI=1S/C22H19F5N4O3S/c1-10-8-28-16(17(30-10)19-29-9-15(35-19)20(33)34-4)11(2)31-18(32)12-5-13(21(3,23)24)7-14(6-12)22(25,26)27/h5-9,11H,1-4H3,(H,31,32). The van der Waals surface area contributed by atoms with Gasteiger partial charge in [0.25, 0.3) is 11.8 Å². The van der Waals surface area contributed by atoms with Crippen molar-refractivity contribution in [1.82, 2.24) is 20.3 Å². The molecule has 2 aromatic heterocycles. The van der Waals surface area contributed by atoms with Gasteiger partial charge in [0.15, 0.2) is 0 Å². The van der Waals surface area contributed by atoms with Crippen LogP contribution in [0.15, 0.2) is 30.6 Å². The van der Waals surface area contributed by atoms with Crippen molar-refractivity contribution in [1.29, 1.82) is 0 Å². The van der Waals surface area contributed by atoms with Crippen LogP contribution in [0.4, 0.5) is 22.0 Å². The van der Waals surface area contributed by atoms with Gasteiger partial charge in [-0.2, -0.15) is 13.2 Å². The van der Waals surface area contributed by atoms with Gasteiger partial charge >= 0.3 is 12.1 Å². The van der Waals surface area contributed by atoms with Crippen LogP contribution in [0.2, 0.25) is 0 Å². The van der Waals surface area contributed by atoms with E-state index in [1.165, 1.54) is 26.4 Å². The van der Waals surface area contributed by atoms with Gasteiger partial charge in [-0.3, -0.25) is 9.78 Å². The Hall–Kier alpha value is -3.48. The van der Waals surface area contributed by atoms with Gasteiger partial charge in [0.2, 0.25) is 0 Å². The van der Waals surface area contributed by atoms with E-state index < -0.39 is 46.7 Å². The summed E-state index contributed by atoms with van der Waals surface area (Å²) < 4.78 is 72.0. The van der Waals surface area contributed by atoms with Crippen molar-refractivity contribution in [3.8, 4) is 10.7 Å². The van der Waals surface area contributed by atoms with Gasteiger partial charge in [-0.15, -0.1) is 11.3 Å². The maximum absolute atomic E-state index is 13.8. The van der Waals surface area contributed by atoms with E-state index in [2.05, 4.69) is 25.0 Å². The van der Waals surface area contributed by atoms with Gasteiger partial charge in [0, 0.05) is 24.2 Å². The second kappa shape index (κ2) is 9.64. The van der Waals surface area contributed by atoms with Crippen molar-refractivity contribution in [2.45, 2.75) is 38.9 Å². The highest BCUT2D eigenvalue weighted by Gasteiger charge is 2.35. The topological polar surface area (TPSA) is 94.1 Å². The van der Waals surface area contributed by atoms with Crippen LogP contribution in [0, 0.1) is 6.92 Å². The monoisotopic (exact) mass is 514 g/mol. The molecule has 0 spiro atoms. The molecule has 0 aliphatic carbocycles. The van der Waals surface area contributed by atoms with Gasteiger partial charge < -0.3 is 10.1 Å². The van der Waals surface area contributed by atoms with Crippen molar-refractivity contribution >= 4 is 23.2 Å². The Morgan fingerprint density at radius 1 is 1.06 bits per heavy atom. The SMILES string of the molecule is COC(=O)c1cnc(-c2nc(C)cnc2C(C)NC(=O)c2cc(C(C)(F)F)cc(C(F)(F)F)c2)s1. The first-order chi connectivity index (χ1) is 16.2. The smallest absolute Gasteiger partial charge is 0.416 e. The first kappa shape index (κ1) is 26.1. The number of rotatable bonds is 6. The summed E-state index contributed by atoms with van der Waals surface area (Å²) in [5.74, 6) is -5.22. The third-order valence-corrected chi connectivity index (χ3v) is 5.79. The Balaban J connectivity index is 1.96. The zero-order chi connectivity index (χ0) is 26.1. The number of alkyl halides is 5. The zero-order valence-electron chi connectivity index (χ0n) is 18.8. The maximum atomic E-state index is 13.8. The fourth-order valence-electron chi connectivity index (χ4n) is 3.06. The number of halogens is 5. The number of ether oxygens (including phenoxy) is 1. The molecule has 2 heterocycles. The molecule has 0 bridgehead atoms. The molecule has 3 rings (SSSR count). The first-order valence-corrected chi connectivity index (χ1v) is 10.8. The second-order valence-electron chi connectivity index (χ2n) is 7.65. The van der Waals surface area contributed by atoms with Crippen molar-refractivity contribution in [2.24, 2.45) is 0 Å². The highest BCUT2D eigenvalue weighted by molar-refractivity contribution is 7.16. The Bertz CT molecular complexity index is 1240. The molecule has 0 radical (unpaired) electrons. The number of aromatic nitrogens is 3. The number of thiazole rings is 1. The fourth-order valence-corrected chi connectivity index (χ4v) is 3.90. The number of carbonyl (C=O) groups excluding carboxylic acids is 2. The molecule has 1 unspecified atom stereocenters. The van der Waals surface area contributed by atoms with Crippen LogP contribution in [-0.2, 0) is 16.8 Å². The number of methoxy groups -OCH3 is 1. The molecule has 3 aromatic rings. The van der Waals surface area contributed by atoms with Crippen LogP contribution < -0.4 is 5.32 Å². The minimum absolute atomic E-state index is 0.199. The minimum Gasteiger partial charge on any atom is -0.465 e. The molecule has 7 nitrogen and oxygen atoms in total. The average Bonchev–Trinajstić information content (AvgIpc) is 3.27. The number of benzene rings is 1. The molecule has 1 atom stereocenters. The molecule has 186 valence electrons. The molecule has 0 aliphatic rings. The fraction of sp³-hybridized carbons (Fsp3) is 0.318. The lowest BCUT2D eigenvalue weighted by Crippen LogP contribution is -2.28. The largest absolute Gasteiger partial charge is 0.465 e. The van der Waals surface area contributed by atoms with Crippen LogP contribution in [0.5, 0.6) is 0 Å². The number of nitrogens with one attached hydrogen (secondary N) is 1. The summed E-state index contributed by atoms with van der Waals surface area (Å²) >= 11 is 0.974. The Morgan fingerprint density at radius 3 is 2.31 bits per heavy atom. The molecular formula is C22H19F5N4O3S. The van der Waals surface area contributed by atoms with E-state index in [-0.39, 0.29) is 16.3 Å². The van der Waals surface area contributed by atoms with Crippen LogP contribution >= 0.6 is 11.3 Å². The summed E-state index contributed by atoms with van der Waals surface area (Å²) in [5, 5.41) is 2.77. The third-order valence-electron chi connectivity index (χ3n) is 4.80. The molecule has 0 fully saturated rings. The lowest BCUT2D eigenvalue weighted by molar-refractivity contribution is -0.137. The number of nitrogens with zero attached hydrogens (tertiary/aromatic N) is 3. The molecule has 35 heavy (non-hydrogen) atoms. The summed E-state index contributed by atoms with van der Waals surface area (Å²) in [6.07, 6.45) is -2.23. The van der Waals surface area contributed by atoms with E-state index in [9.17, 15) is 31.5 Å². The van der Waals surface area contributed by atoms with Crippen molar-refractivity contribution in [2.75, 3.05) is 7.11 Å². The van der Waals surface area contributed by atoms with Crippen LogP contribution in [0.25, 0.3) is 10.7 Å². The second-order valence-corrected chi connectivity index (χ2v) is 8.68. The van der Waals surface area contributed by atoms with E-state index in [1.54, 1.807) is 6.92 Å². The molecule has 1 N–H and O–H groups in total. The van der Waals surface area contributed by atoms with Gasteiger partial charge in [0.1, 0.15) is 15.6 Å². The van der Waals surface area contributed by atoms with Crippen LogP contribution in [-0.4, -0.2) is 33.9 Å². The minimum atomic E-state index is -4.93. The van der Waals surface area contributed by atoms with Gasteiger partial charge in [-0.25, -0.2) is 23.5 Å². The van der Waals surface area contributed by atoms with E-state index in [0.29, 0.717) is 35.8 Å². The number of carbonyl (C=O) groups is 2. The molecule has 1 amide bonds. The van der Waals surface area contributed by atoms with E-state index in [4.69, 9.17) is 0 Å². The number of aryl methyl sites for hydroxylation is 1. The predicted octanol–water partition coefficient (Wildman–Crippen LogP) is 5.32. The number of hydrogen-bond acceptors (Lipinski definition) is 7. The van der Waals surface area contributed by atoms with Crippen LogP contribution in [0.3, 0.4) is 0 Å². The summed E-state index contributed by atoms with van der Waals surface area (Å²) in [7, 11) is 1.21. The summed E-state index contributed by atoms with van der Waals surface area (Å²) in [4.78, 5) is 37.5. The van der Waals surface area contributed by atoms with E-state index >= 15 is 0 Å². The summed E-state index contributed by atoms with van der Waals surface area (Å²) in [6.45, 7) is 3.60. The van der Waals surface area contributed by atoms with Crippen molar-refractivity contribution < 1.29 is 36.3 Å². The van der Waals surface area contributed by atoms with Gasteiger partial charge in [-0.1, -0.05) is 0 Å². The molecular weight excluding hydrogens is 495 g/mol. The first-order valence-electron chi connectivity index (χ1n) is 10.00. The highest BCUT2D eigenvalue weighted by atomic mass is 32.1. The third kappa shape index (κ3) is 5.96. The van der Waals surface area contributed by atoms with E-state index in [0.717, 1.165) is 11.3 Å². The molecule has 13 heteroatoms. The summed E-state index contributed by atoms with van der Waals surface area (Å²) in [6, 6.07) is 0.618. The van der Waals surface area contributed by atoms with Crippen molar-refractivity contribution in [3.63, 3.8) is 0 Å². The number of esters is 1. The lowest BCUT2D eigenvalue weighted by Gasteiger charge is -2.18. The molecule has 0 aliphatic heterocycles.